The highest BCUT2D eigenvalue weighted by Crippen LogP contribution is 2.20. The van der Waals surface area contributed by atoms with Gasteiger partial charge < -0.3 is 21.3 Å². The second-order valence-electron chi connectivity index (χ2n) is 9.41. The van der Waals surface area contributed by atoms with E-state index in [0.717, 1.165) is 12.8 Å². The third-order valence-corrected chi connectivity index (χ3v) is 6.29. The fourth-order valence-electron chi connectivity index (χ4n) is 4.21. The van der Waals surface area contributed by atoms with Crippen LogP contribution in [0.4, 0.5) is 22.7 Å². The number of anilines is 4. The van der Waals surface area contributed by atoms with E-state index >= 15 is 0 Å². The van der Waals surface area contributed by atoms with Gasteiger partial charge in [0.2, 0.25) is 0 Å². The molecule has 0 aromatic heterocycles. The van der Waals surface area contributed by atoms with E-state index in [1.165, 1.54) is 12.1 Å². The predicted molar refractivity (Wildman–Crippen MR) is 162 cm³/mol. The highest BCUT2D eigenvalue weighted by molar-refractivity contribution is 6.09. The van der Waals surface area contributed by atoms with Crippen molar-refractivity contribution in [1.82, 2.24) is 0 Å². The molecule has 0 aliphatic heterocycles. The molecule has 1 aliphatic carbocycles. The Balaban J connectivity index is 1.21. The van der Waals surface area contributed by atoms with E-state index in [4.69, 9.17) is 0 Å². The highest BCUT2D eigenvalue weighted by Gasteiger charge is 2.14. The van der Waals surface area contributed by atoms with Crippen molar-refractivity contribution in [2.75, 3.05) is 21.3 Å². The van der Waals surface area contributed by atoms with Crippen molar-refractivity contribution in [3.8, 4) is 0 Å². The molecule has 206 valence electrons. The number of rotatable bonds is 8. The van der Waals surface area contributed by atoms with Crippen LogP contribution in [0.2, 0.25) is 0 Å². The Morgan fingerprint density at radius 2 is 1.14 bits per heavy atom. The Labute approximate surface area is 243 Å². The van der Waals surface area contributed by atoms with Crippen molar-refractivity contribution in [2.24, 2.45) is 0 Å². The maximum atomic E-state index is 13.0. The molecule has 1 aliphatic rings. The second-order valence-corrected chi connectivity index (χ2v) is 9.41. The number of amides is 4. The van der Waals surface area contributed by atoms with Gasteiger partial charge in [-0.2, -0.15) is 0 Å². The van der Waals surface area contributed by atoms with Crippen LogP contribution in [0.5, 0.6) is 0 Å². The SMILES string of the molecule is O=C(Nc1cccc(NC(=O)c2c#ccc(C(=O)Nc3cccc(NC(=O)c4ccccc4)c3)c2)c1)C1=CCCC=C1. The van der Waals surface area contributed by atoms with Crippen LogP contribution in [-0.2, 0) is 4.79 Å². The van der Waals surface area contributed by atoms with Crippen molar-refractivity contribution in [1.29, 1.82) is 0 Å². The Hall–Kier alpha value is -5.94. The minimum absolute atomic E-state index is 0.110. The van der Waals surface area contributed by atoms with Crippen LogP contribution in [0.1, 0.15) is 43.9 Å². The minimum atomic E-state index is -0.493. The Morgan fingerprint density at radius 1 is 0.571 bits per heavy atom. The predicted octanol–water partition coefficient (Wildman–Crippen LogP) is 6.26. The van der Waals surface area contributed by atoms with Crippen LogP contribution in [-0.4, -0.2) is 23.6 Å². The van der Waals surface area contributed by atoms with Crippen LogP contribution < -0.4 is 21.3 Å². The summed E-state index contributed by atoms with van der Waals surface area (Å²) in [6.45, 7) is 0. The summed E-state index contributed by atoms with van der Waals surface area (Å²) in [6, 6.07) is 30.6. The first-order valence-electron chi connectivity index (χ1n) is 13.3. The second kappa shape index (κ2) is 12.9. The number of nitrogens with one attached hydrogen (secondary N) is 4. The molecule has 0 spiro atoms. The number of carbonyl (C=O) groups excluding carboxylic acids is 4. The lowest BCUT2D eigenvalue weighted by atomic mass is 10.1. The number of carbonyl (C=O) groups is 4. The molecule has 0 unspecified atom stereocenters. The van der Waals surface area contributed by atoms with Gasteiger partial charge >= 0.3 is 0 Å². The van der Waals surface area contributed by atoms with E-state index in [2.05, 4.69) is 33.4 Å². The molecule has 8 heteroatoms. The van der Waals surface area contributed by atoms with Gasteiger partial charge in [-0.05, 0) is 67.4 Å². The van der Waals surface area contributed by atoms with Gasteiger partial charge in [0, 0.05) is 45.5 Å². The summed E-state index contributed by atoms with van der Waals surface area (Å²) in [7, 11) is 0. The number of hydrogen-bond donors (Lipinski definition) is 4. The van der Waals surface area contributed by atoms with Crippen molar-refractivity contribution < 1.29 is 19.2 Å². The molecule has 4 aromatic carbocycles. The summed E-state index contributed by atoms with van der Waals surface area (Å²) in [5, 5.41) is 11.2. The van der Waals surface area contributed by atoms with Crippen LogP contribution in [0, 0.1) is 12.1 Å². The maximum absolute atomic E-state index is 13.0. The molecule has 4 amide bonds. The van der Waals surface area contributed by atoms with Crippen LogP contribution >= 0.6 is 0 Å². The average molecular weight is 555 g/mol. The fourth-order valence-corrected chi connectivity index (χ4v) is 4.21. The quantitative estimate of drug-likeness (QED) is 0.206. The monoisotopic (exact) mass is 554 g/mol. The molecule has 0 bridgehead atoms. The van der Waals surface area contributed by atoms with E-state index in [9.17, 15) is 19.2 Å². The molecule has 8 nitrogen and oxygen atoms in total. The van der Waals surface area contributed by atoms with Gasteiger partial charge in [0.1, 0.15) is 0 Å². The Bertz CT molecular complexity index is 1710. The normalized spacial score (nSPS) is 11.9. The fraction of sp³-hybridized carbons (Fsp3) is 0.0588. The summed E-state index contributed by atoms with van der Waals surface area (Å²) < 4.78 is 0. The molecular formula is C34H26N4O4. The van der Waals surface area contributed by atoms with E-state index in [1.54, 1.807) is 78.9 Å². The van der Waals surface area contributed by atoms with Crippen LogP contribution in [0.25, 0.3) is 0 Å². The lowest BCUT2D eigenvalue weighted by Gasteiger charge is -2.11. The van der Waals surface area contributed by atoms with E-state index in [-0.39, 0.29) is 22.9 Å². The zero-order valence-electron chi connectivity index (χ0n) is 22.4. The average Bonchev–Trinajstić information content (AvgIpc) is 3.02. The summed E-state index contributed by atoms with van der Waals surface area (Å²) in [4.78, 5) is 50.9. The molecule has 0 heterocycles. The minimum Gasteiger partial charge on any atom is -0.322 e. The molecule has 0 saturated heterocycles. The first kappa shape index (κ1) is 27.6. The topological polar surface area (TPSA) is 116 Å². The number of allylic oxidation sites excluding steroid dienone is 2. The summed E-state index contributed by atoms with van der Waals surface area (Å²) in [5.41, 5.74) is 3.39. The molecule has 4 aromatic rings. The zero-order chi connectivity index (χ0) is 29.3. The summed E-state index contributed by atoms with van der Waals surface area (Å²) in [6.07, 6.45) is 7.37. The first-order valence-corrected chi connectivity index (χ1v) is 13.3. The standard InChI is InChI=1S/C34H26N4O4/c39-31(23-10-3-1-4-11-23)35-27-16-8-18-29(21-27)37-33(41)25-14-7-15-26(20-25)34(42)38-30-19-9-17-28(22-30)36-32(40)24-12-5-2-6-13-24/h1,3-5,8-14,16-22H,2,6H2,(H,35,39)(H,36,40)(H,37,41)(H,38,42). The van der Waals surface area contributed by atoms with Gasteiger partial charge in [-0.15, -0.1) is 0 Å². The smallest absolute Gasteiger partial charge is 0.264 e. The van der Waals surface area contributed by atoms with Crippen LogP contribution in [0.3, 0.4) is 0 Å². The lowest BCUT2D eigenvalue weighted by molar-refractivity contribution is -0.112. The number of benzene rings is 3. The third-order valence-electron chi connectivity index (χ3n) is 6.29. The Kier molecular flexibility index (Phi) is 8.51. The number of hydrogen-bond acceptors (Lipinski definition) is 4. The lowest BCUT2D eigenvalue weighted by Crippen LogP contribution is -2.16. The van der Waals surface area contributed by atoms with Crippen LogP contribution in [0.15, 0.2) is 115 Å². The summed E-state index contributed by atoms with van der Waals surface area (Å²) >= 11 is 0. The molecule has 4 N–H and O–H groups in total. The third kappa shape index (κ3) is 7.17. The van der Waals surface area contributed by atoms with Gasteiger partial charge in [0.25, 0.3) is 23.6 Å². The van der Waals surface area contributed by atoms with Crippen molar-refractivity contribution in [3.63, 3.8) is 0 Å². The van der Waals surface area contributed by atoms with Crippen molar-refractivity contribution in [2.45, 2.75) is 12.8 Å². The molecular weight excluding hydrogens is 528 g/mol. The molecule has 42 heavy (non-hydrogen) atoms. The van der Waals surface area contributed by atoms with Gasteiger partial charge in [-0.25, -0.2) is 0 Å². The first-order chi connectivity index (χ1) is 20.4. The highest BCUT2D eigenvalue weighted by atomic mass is 16.2. The molecule has 0 fully saturated rings. The van der Waals surface area contributed by atoms with E-state index < -0.39 is 11.8 Å². The molecule has 5 rings (SSSR count). The van der Waals surface area contributed by atoms with Gasteiger partial charge in [-0.1, -0.05) is 60.7 Å². The zero-order valence-corrected chi connectivity index (χ0v) is 22.4. The summed E-state index contributed by atoms with van der Waals surface area (Å²) in [5.74, 6) is -1.45. The van der Waals surface area contributed by atoms with Gasteiger partial charge in [0.05, 0.1) is 5.56 Å². The molecule has 0 atom stereocenters. The van der Waals surface area contributed by atoms with E-state index in [1.807, 2.05) is 18.2 Å². The Morgan fingerprint density at radius 3 is 1.74 bits per heavy atom. The van der Waals surface area contributed by atoms with Gasteiger partial charge in [0.15, 0.2) is 0 Å². The van der Waals surface area contributed by atoms with Crippen molar-refractivity contribution >= 4 is 46.4 Å². The molecule has 0 saturated carbocycles. The maximum Gasteiger partial charge on any atom is 0.264 e. The molecule has 0 radical (unpaired) electrons. The van der Waals surface area contributed by atoms with Gasteiger partial charge in [-0.3, -0.25) is 19.2 Å². The van der Waals surface area contributed by atoms with Crippen molar-refractivity contribution in [3.05, 3.63) is 144 Å². The largest absolute Gasteiger partial charge is 0.322 e. The van der Waals surface area contributed by atoms with E-state index in [0.29, 0.717) is 33.9 Å².